The lowest BCUT2D eigenvalue weighted by Crippen LogP contribution is -2.64. The Hall–Kier alpha value is -2.83. The van der Waals surface area contributed by atoms with Crippen molar-refractivity contribution in [3.63, 3.8) is 0 Å². The molecule has 0 bridgehead atoms. The van der Waals surface area contributed by atoms with Gasteiger partial charge in [0.1, 0.15) is 11.6 Å². The fraction of sp³-hybridized carbons (Fsp3) is 0.462. The van der Waals surface area contributed by atoms with Crippen LogP contribution in [0, 0.1) is 11.6 Å². The van der Waals surface area contributed by atoms with E-state index < -0.39 is 50.5 Å². The van der Waals surface area contributed by atoms with Crippen LogP contribution in [0.2, 0.25) is 5.02 Å². The van der Waals surface area contributed by atoms with Crippen molar-refractivity contribution in [3.05, 3.63) is 64.5 Å². The average Bonchev–Trinajstić information content (AvgIpc) is 3.43. The van der Waals surface area contributed by atoms with Crippen molar-refractivity contribution in [2.75, 3.05) is 62.1 Å². The summed E-state index contributed by atoms with van der Waals surface area (Å²) >= 11 is 5.95. The molecule has 0 unspecified atom stereocenters. The predicted molar refractivity (Wildman–Crippen MR) is 154 cm³/mol. The molecular formula is C26H29ClF4N6O5S2. The van der Waals surface area contributed by atoms with Crippen LogP contribution in [-0.4, -0.2) is 105 Å². The van der Waals surface area contributed by atoms with Gasteiger partial charge < -0.3 is 4.42 Å². The molecule has 44 heavy (non-hydrogen) atoms. The Kier molecular flexibility index (Phi) is 9.53. The maximum absolute atomic E-state index is 15.2. The van der Waals surface area contributed by atoms with Crippen molar-refractivity contribution in [1.82, 2.24) is 24.3 Å². The second kappa shape index (κ2) is 12.9. The van der Waals surface area contributed by atoms with E-state index in [4.69, 9.17) is 16.0 Å². The number of nitrogens with zero attached hydrogens (tertiary/aromatic N) is 6. The van der Waals surface area contributed by atoms with E-state index in [2.05, 4.69) is 15.1 Å². The maximum Gasteiger partial charge on any atom is 0.314 e. The van der Waals surface area contributed by atoms with Gasteiger partial charge in [-0.25, -0.2) is 25.6 Å². The minimum Gasteiger partial charge on any atom is -0.415 e. The first-order chi connectivity index (χ1) is 20.7. The molecule has 0 saturated carbocycles. The Labute approximate surface area is 257 Å². The molecule has 2 aliphatic heterocycles. The molecule has 0 spiro atoms. The van der Waals surface area contributed by atoms with Crippen molar-refractivity contribution < 1.29 is 38.8 Å². The molecule has 3 heterocycles. The van der Waals surface area contributed by atoms with Gasteiger partial charge in [-0.2, -0.15) is 13.1 Å². The zero-order chi connectivity index (χ0) is 31.8. The molecular weight excluding hydrogens is 652 g/mol. The molecule has 1 aromatic heterocycles. The molecule has 11 nitrogen and oxygen atoms in total. The van der Waals surface area contributed by atoms with Crippen molar-refractivity contribution in [2.45, 2.75) is 19.0 Å². The molecule has 18 heteroatoms. The predicted octanol–water partition coefficient (Wildman–Crippen LogP) is 3.20. The normalized spacial score (nSPS) is 17.7. The van der Waals surface area contributed by atoms with Gasteiger partial charge in [0.05, 0.1) is 29.3 Å². The monoisotopic (exact) mass is 680 g/mol. The van der Waals surface area contributed by atoms with E-state index in [9.17, 15) is 30.0 Å². The number of sulfonamides is 2. The van der Waals surface area contributed by atoms with Gasteiger partial charge in [0.2, 0.25) is 25.9 Å². The molecule has 2 fully saturated rings. The Morgan fingerprint density at radius 1 is 1.00 bits per heavy atom. The molecule has 0 radical (unpaired) electrons. The number of piperazine rings is 1. The highest BCUT2D eigenvalue weighted by atomic mass is 35.5. The minimum absolute atomic E-state index is 0.0231. The minimum atomic E-state index is -4.10. The molecule has 5 rings (SSSR count). The molecule has 0 amide bonds. The van der Waals surface area contributed by atoms with Crippen molar-refractivity contribution >= 4 is 37.3 Å². The summed E-state index contributed by atoms with van der Waals surface area (Å²) in [6.45, 7) is 3.03. The third kappa shape index (κ3) is 7.34. The van der Waals surface area contributed by atoms with Crippen LogP contribution >= 0.6 is 11.6 Å². The summed E-state index contributed by atoms with van der Waals surface area (Å²) in [4.78, 5) is 4.17. The largest absolute Gasteiger partial charge is 0.415 e. The van der Waals surface area contributed by atoms with Crippen molar-refractivity contribution in [3.8, 4) is 11.5 Å². The lowest BCUT2D eigenvalue weighted by atomic mass is 10.1. The van der Waals surface area contributed by atoms with Crippen LogP contribution in [0.3, 0.4) is 0 Å². The number of hydrogen-bond donors (Lipinski definition) is 0. The van der Waals surface area contributed by atoms with Gasteiger partial charge in [-0.3, -0.25) is 14.1 Å². The molecule has 2 aromatic carbocycles. The number of aromatic nitrogens is 2. The number of anilines is 1. The van der Waals surface area contributed by atoms with Gasteiger partial charge in [-0.15, -0.1) is 10.2 Å². The number of rotatable bonds is 11. The molecule has 240 valence electrons. The smallest absolute Gasteiger partial charge is 0.314 e. The quantitative estimate of drug-likeness (QED) is 0.281. The number of hydrogen-bond acceptors (Lipinski definition) is 9. The first-order valence-corrected chi connectivity index (χ1v) is 17.3. The van der Waals surface area contributed by atoms with Crippen LogP contribution < -0.4 is 4.31 Å². The Morgan fingerprint density at radius 2 is 1.70 bits per heavy atom. The first kappa shape index (κ1) is 32.6. The second-order valence-electron chi connectivity index (χ2n) is 10.6. The third-order valence-corrected chi connectivity index (χ3v) is 10.9. The topological polar surface area (TPSA) is 120 Å². The fourth-order valence-corrected chi connectivity index (χ4v) is 7.56. The summed E-state index contributed by atoms with van der Waals surface area (Å²) in [5.41, 5.74) is 0.00200. The molecule has 0 atom stereocenters. The van der Waals surface area contributed by atoms with Gasteiger partial charge in [0.15, 0.2) is 0 Å². The van der Waals surface area contributed by atoms with E-state index in [1.165, 1.54) is 28.8 Å². The highest BCUT2D eigenvalue weighted by Gasteiger charge is 2.38. The van der Waals surface area contributed by atoms with Crippen LogP contribution in [-0.2, 0) is 26.6 Å². The van der Waals surface area contributed by atoms with Gasteiger partial charge in [0.25, 0.3) is 5.89 Å². The van der Waals surface area contributed by atoms with Crippen molar-refractivity contribution in [1.29, 1.82) is 0 Å². The van der Waals surface area contributed by atoms with Crippen molar-refractivity contribution in [2.24, 2.45) is 0 Å². The fourth-order valence-electron chi connectivity index (χ4n) is 5.02. The van der Waals surface area contributed by atoms with Gasteiger partial charge in [-0.05, 0) is 30.3 Å². The van der Waals surface area contributed by atoms with Crippen LogP contribution in [0.5, 0.6) is 0 Å². The summed E-state index contributed by atoms with van der Waals surface area (Å²) in [6.07, 6.45) is -1.82. The van der Waals surface area contributed by atoms with E-state index in [1.807, 2.05) is 4.90 Å². The van der Waals surface area contributed by atoms with Crippen LogP contribution in [0.1, 0.15) is 17.9 Å². The van der Waals surface area contributed by atoms with E-state index in [-0.39, 0.29) is 46.1 Å². The highest BCUT2D eigenvalue weighted by Crippen LogP contribution is 2.30. The summed E-state index contributed by atoms with van der Waals surface area (Å²) in [5, 5.41) is 6.40. The SMILES string of the molecule is CS(=O)(=O)N1CC(N2CCN(CCS(=O)(=O)N(Cc3ccc(-c4nnc(C(F)F)o4)cc3F)c3ccc(F)c(Cl)c3)CC2)C1. The molecule has 3 aromatic rings. The Balaban J connectivity index is 1.27. The van der Waals surface area contributed by atoms with E-state index in [0.29, 0.717) is 39.3 Å². The number of benzene rings is 2. The van der Waals surface area contributed by atoms with Gasteiger partial charge >= 0.3 is 6.43 Å². The van der Waals surface area contributed by atoms with Gasteiger partial charge in [-0.1, -0.05) is 17.7 Å². The summed E-state index contributed by atoms with van der Waals surface area (Å²) in [7, 11) is -7.32. The lowest BCUT2D eigenvalue weighted by molar-refractivity contribution is 0.0430. The average molecular weight is 681 g/mol. The van der Waals surface area contributed by atoms with Crippen LogP contribution in [0.4, 0.5) is 23.2 Å². The molecule has 2 saturated heterocycles. The van der Waals surface area contributed by atoms with E-state index in [0.717, 1.165) is 22.5 Å². The Morgan fingerprint density at radius 3 is 2.30 bits per heavy atom. The molecule has 0 aliphatic carbocycles. The Bertz CT molecular complexity index is 1720. The van der Waals surface area contributed by atoms with Crippen LogP contribution in [0.25, 0.3) is 11.5 Å². The highest BCUT2D eigenvalue weighted by molar-refractivity contribution is 7.92. The summed E-state index contributed by atoms with van der Waals surface area (Å²) in [6, 6.07) is 7.09. The van der Waals surface area contributed by atoms with E-state index in [1.54, 1.807) is 0 Å². The van der Waals surface area contributed by atoms with Crippen LogP contribution in [0.15, 0.2) is 40.8 Å². The van der Waals surface area contributed by atoms with Gasteiger partial charge in [0, 0.05) is 63.0 Å². The summed E-state index contributed by atoms with van der Waals surface area (Å²) in [5.74, 6) is -3.18. The van der Waals surface area contributed by atoms with E-state index >= 15 is 4.39 Å². The second-order valence-corrected chi connectivity index (χ2v) is 15.0. The number of halogens is 5. The first-order valence-electron chi connectivity index (χ1n) is 13.5. The summed E-state index contributed by atoms with van der Waals surface area (Å²) < 4.78 is 113. The lowest BCUT2D eigenvalue weighted by Gasteiger charge is -2.47. The maximum atomic E-state index is 15.2. The zero-order valence-corrected chi connectivity index (χ0v) is 25.8. The molecule has 2 aliphatic rings. The number of alkyl halides is 2. The third-order valence-electron chi connectivity index (χ3n) is 7.65. The molecule has 0 N–H and O–H groups in total. The zero-order valence-electron chi connectivity index (χ0n) is 23.4. The standard InChI is InChI=1S/C26H29ClF4N6O5S2/c1-43(38,39)36-15-20(16-36)35-8-6-34(7-9-35)10-11-44(40,41)37(19-4-5-22(28)21(27)13-19)14-18-3-2-17(12-23(18)29)25-32-33-26(42-25)24(30)31/h2-5,12-13,20,24H,6-11,14-16H2,1H3.